The zero-order chi connectivity index (χ0) is 9.42. The highest BCUT2D eigenvalue weighted by atomic mass is 15.3. The van der Waals surface area contributed by atoms with Gasteiger partial charge in [0.2, 0.25) is 0 Å². The molecule has 72 valence electrons. The van der Waals surface area contributed by atoms with Crippen LogP contribution < -0.4 is 11.1 Å². The molecule has 3 N–H and O–H groups in total. The van der Waals surface area contributed by atoms with E-state index in [0.29, 0.717) is 5.92 Å². The number of hydrogen-bond acceptors (Lipinski definition) is 3. The maximum absolute atomic E-state index is 5.81. The summed E-state index contributed by atoms with van der Waals surface area (Å²) in [5.74, 6) is 1.67. The topological polar surface area (TPSA) is 55.9 Å². The molecule has 2 heterocycles. The second-order valence-electron chi connectivity index (χ2n) is 3.93. The van der Waals surface area contributed by atoms with E-state index in [4.69, 9.17) is 5.73 Å². The van der Waals surface area contributed by atoms with Crippen LogP contribution in [0.5, 0.6) is 0 Å². The average molecular weight is 180 g/mol. The van der Waals surface area contributed by atoms with Gasteiger partial charge in [-0.15, -0.1) is 0 Å². The van der Waals surface area contributed by atoms with Gasteiger partial charge in [-0.1, -0.05) is 13.8 Å². The number of rotatable bonds is 1. The molecule has 4 nitrogen and oxygen atoms in total. The van der Waals surface area contributed by atoms with Crippen molar-refractivity contribution in [2.24, 2.45) is 5.73 Å². The van der Waals surface area contributed by atoms with Gasteiger partial charge in [0.05, 0.1) is 12.7 Å². The van der Waals surface area contributed by atoms with Gasteiger partial charge in [-0.25, -0.2) is 4.68 Å². The highest BCUT2D eigenvalue weighted by Crippen LogP contribution is 2.25. The van der Waals surface area contributed by atoms with Crippen molar-refractivity contribution in [1.82, 2.24) is 9.78 Å². The standard InChI is InChI=1S/C9H16N4/c1-6(2)8-4-12-13-5-7(10)3-11-9(8)13/h4,6-7,11H,3,5,10H2,1-2H3. The summed E-state index contributed by atoms with van der Waals surface area (Å²) >= 11 is 0. The zero-order valence-electron chi connectivity index (χ0n) is 8.12. The van der Waals surface area contributed by atoms with E-state index in [9.17, 15) is 0 Å². The summed E-state index contributed by atoms with van der Waals surface area (Å²) in [6, 6.07) is 0.187. The third-order valence-electron chi connectivity index (χ3n) is 2.43. The molecule has 1 aromatic heterocycles. The minimum atomic E-state index is 0.187. The van der Waals surface area contributed by atoms with Crippen molar-refractivity contribution in [1.29, 1.82) is 0 Å². The highest BCUT2D eigenvalue weighted by Gasteiger charge is 2.19. The first-order valence-corrected chi connectivity index (χ1v) is 4.73. The molecule has 1 atom stereocenters. The average Bonchev–Trinajstić information content (AvgIpc) is 2.46. The Labute approximate surface area is 78.1 Å². The van der Waals surface area contributed by atoms with Gasteiger partial charge in [0.1, 0.15) is 5.82 Å². The van der Waals surface area contributed by atoms with Crippen LogP contribution in [0.15, 0.2) is 6.20 Å². The van der Waals surface area contributed by atoms with Crippen molar-refractivity contribution in [3.8, 4) is 0 Å². The van der Waals surface area contributed by atoms with Crippen LogP contribution in [0, 0.1) is 0 Å². The van der Waals surface area contributed by atoms with Crippen LogP contribution >= 0.6 is 0 Å². The quantitative estimate of drug-likeness (QED) is 0.671. The molecule has 0 saturated heterocycles. The molecule has 1 aliphatic rings. The van der Waals surface area contributed by atoms with Gasteiger partial charge < -0.3 is 11.1 Å². The van der Waals surface area contributed by atoms with Crippen LogP contribution in [0.25, 0.3) is 0 Å². The first-order chi connectivity index (χ1) is 6.18. The van der Waals surface area contributed by atoms with Crippen LogP contribution in [-0.2, 0) is 6.54 Å². The molecule has 0 aliphatic carbocycles. The van der Waals surface area contributed by atoms with Crippen molar-refractivity contribution in [2.45, 2.75) is 32.4 Å². The molecular weight excluding hydrogens is 164 g/mol. The summed E-state index contributed by atoms with van der Waals surface area (Å²) < 4.78 is 1.96. The highest BCUT2D eigenvalue weighted by molar-refractivity contribution is 5.47. The molecule has 0 amide bonds. The van der Waals surface area contributed by atoms with Crippen LogP contribution in [0.2, 0.25) is 0 Å². The smallest absolute Gasteiger partial charge is 0.127 e. The van der Waals surface area contributed by atoms with Gasteiger partial charge in [-0.2, -0.15) is 5.10 Å². The van der Waals surface area contributed by atoms with Gasteiger partial charge in [0.15, 0.2) is 0 Å². The number of nitrogens with one attached hydrogen (secondary N) is 1. The normalized spacial score (nSPS) is 21.4. The minimum Gasteiger partial charge on any atom is -0.368 e. The van der Waals surface area contributed by atoms with Gasteiger partial charge in [-0.05, 0) is 5.92 Å². The second kappa shape index (κ2) is 3.03. The van der Waals surface area contributed by atoms with Crippen molar-refractivity contribution >= 4 is 5.82 Å². The molecule has 1 unspecified atom stereocenters. The third kappa shape index (κ3) is 1.42. The van der Waals surface area contributed by atoms with Crippen molar-refractivity contribution in [3.63, 3.8) is 0 Å². The Bertz CT molecular complexity index is 303. The molecule has 0 saturated carbocycles. The molecular formula is C9H16N4. The van der Waals surface area contributed by atoms with E-state index in [1.54, 1.807) is 0 Å². The monoisotopic (exact) mass is 180 g/mol. The van der Waals surface area contributed by atoms with Crippen molar-refractivity contribution in [2.75, 3.05) is 11.9 Å². The summed E-state index contributed by atoms with van der Waals surface area (Å²) in [6.07, 6.45) is 1.94. The van der Waals surface area contributed by atoms with E-state index in [1.165, 1.54) is 5.56 Å². The second-order valence-corrected chi connectivity index (χ2v) is 3.93. The lowest BCUT2D eigenvalue weighted by Crippen LogP contribution is -2.38. The Balaban J connectivity index is 2.33. The summed E-state index contributed by atoms with van der Waals surface area (Å²) in [7, 11) is 0. The fourth-order valence-corrected chi connectivity index (χ4v) is 1.67. The largest absolute Gasteiger partial charge is 0.368 e. The number of hydrogen-bond donors (Lipinski definition) is 2. The molecule has 1 aromatic rings. The van der Waals surface area contributed by atoms with E-state index >= 15 is 0 Å². The molecule has 0 radical (unpaired) electrons. The van der Waals surface area contributed by atoms with E-state index in [1.807, 2.05) is 10.9 Å². The summed E-state index contributed by atoms with van der Waals surface area (Å²) in [4.78, 5) is 0. The molecule has 2 rings (SSSR count). The number of nitrogens with zero attached hydrogens (tertiary/aromatic N) is 2. The maximum Gasteiger partial charge on any atom is 0.127 e. The molecule has 4 heteroatoms. The predicted molar refractivity (Wildman–Crippen MR) is 52.8 cm³/mol. The Morgan fingerprint density at radius 2 is 2.46 bits per heavy atom. The van der Waals surface area contributed by atoms with E-state index < -0.39 is 0 Å². The van der Waals surface area contributed by atoms with Crippen molar-refractivity contribution in [3.05, 3.63) is 11.8 Å². The first-order valence-electron chi connectivity index (χ1n) is 4.73. The lowest BCUT2D eigenvalue weighted by atomic mass is 10.1. The van der Waals surface area contributed by atoms with Gasteiger partial charge in [-0.3, -0.25) is 0 Å². The van der Waals surface area contributed by atoms with E-state index in [2.05, 4.69) is 24.3 Å². The minimum absolute atomic E-state index is 0.187. The predicted octanol–water partition coefficient (Wildman–Crippen LogP) is 0.759. The third-order valence-corrected chi connectivity index (χ3v) is 2.43. The van der Waals surface area contributed by atoms with E-state index in [0.717, 1.165) is 18.9 Å². The van der Waals surface area contributed by atoms with Crippen molar-refractivity contribution < 1.29 is 0 Å². The lowest BCUT2D eigenvalue weighted by Gasteiger charge is -2.23. The maximum atomic E-state index is 5.81. The molecule has 0 spiro atoms. The van der Waals surface area contributed by atoms with Gasteiger partial charge in [0.25, 0.3) is 0 Å². The number of nitrogens with two attached hydrogens (primary N) is 1. The molecule has 0 aromatic carbocycles. The Hall–Kier alpha value is -1.03. The Morgan fingerprint density at radius 1 is 1.69 bits per heavy atom. The fraction of sp³-hybridized carbons (Fsp3) is 0.667. The SMILES string of the molecule is CC(C)c1cnn2c1NCC(N)C2. The summed E-state index contributed by atoms with van der Waals surface area (Å²) in [6.45, 7) is 6.03. The first kappa shape index (κ1) is 8.56. The number of aromatic nitrogens is 2. The number of fused-ring (bicyclic) bond motifs is 1. The number of anilines is 1. The lowest BCUT2D eigenvalue weighted by molar-refractivity contribution is 0.501. The Kier molecular flexibility index (Phi) is 2.00. The van der Waals surface area contributed by atoms with Crippen LogP contribution in [-0.4, -0.2) is 22.4 Å². The van der Waals surface area contributed by atoms with Gasteiger partial charge in [0, 0.05) is 18.2 Å². The molecule has 0 bridgehead atoms. The molecule has 13 heavy (non-hydrogen) atoms. The Morgan fingerprint density at radius 3 is 3.15 bits per heavy atom. The van der Waals surface area contributed by atoms with Crippen LogP contribution in [0.4, 0.5) is 5.82 Å². The molecule has 1 aliphatic heterocycles. The zero-order valence-corrected chi connectivity index (χ0v) is 8.12. The van der Waals surface area contributed by atoms with Gasteiger partial charge >= 0.3 is 0 Å². The summed E-state index contributed by atoms with van der Waals surface area (Å²) in [5.41, 5.74) is 7.10. The summed E-state index contributed by atoms with van der Waals surface area (Å²) in [5, 5.41) is 7.62. The fourth-order valence-electron chi connectivity index (χ4n) is 1.67. The van der Waals surface area contributed by atoms with Crippen LogP contribution in [0.1, 0.15) is 25.3 Å². The van der Waals surface area contributed by atoms with Crippen LogP contribution in [0.3, 0.4) is 0 Å². The molecule has 0 fully saturated rings. The van der Waals surface area contributed by atoms with E-state index in [-0.39, 0.29) is 6.04 Å².